The monoisotopic (exact) mass is 458 g/mol. The van der Waals surface area contributed by atoms with E-state index in [9.17, 15) is 18.5 Å². The standard InChI is InChI=1S/C22H26N4O3S2/c1-15-6-7-17(12-16(15)2)31(28,29)26-10-8-25(9-11-26)14-21(27)24-22-19(13-23)18-4-3-5-20(18)30-22/h6-7,12H,3-5,8-11,14H2,1-2H3,(H,24,27). The zero-order valence-corrected chi connectivity index (χ0v) is 19.4. The van der Waals surface area contributed by atoms with E-state index in [0.29, 0.717) is 41.6 Å². The average Bonchev–Trinajstić information content (AvgIpc) is 3.31. The topological polar surface area (TPSA) is 93.5 Å². The smallest absolute Gasteiger partial charge is 0.243 e. The van der Waals surface area contributed by atoms with Crippen molar-refractivity contribution in [2.24, 2.45) is 0 Å². The number of fused-ring (bicyclic) bond motifs is 1. The van der Waals surface area contributed by atoms with Crippen molar-refractivity contribution < 1.29 is 13.2 Å². The van der Waals surface area contributed by atoms with Gasteiger partial charge in [-0.3, -0.25) is 9.69 Å². The molecule has 2 heterocycles. The number of hydrogen-bond acceptors (Lipinski definition) is 6. The molecule has 9 heteroatoms. The number of anilines is 1. The van der Waals surface area contributed by atoms with Gasteiger partial charge in [0.15, 0.2) is 0 Å². The Hall–Kier alpha value is -2.25. The zero-order chi connectivity index (χ0) is 22.2. The molecule has 1 aliphatic carbocycles. The van der Waals surface area contributed by atoms with Crippen molar-refractivity contribution >= 4 is 32.3 Å². The molecule has 4 rings (SSSR count). The molecule has 0 saturated carbocycles. The second-order valence-electron chi connectivity index (χ2n) is 8.15. The average molecular weight is 459 g/mol. The van der Waals surface area contributed by atoms with Crippen molar-refractivity contribution in [2.45, 2.75) is 38.0 Å². The molecule has 1 N–H and O–H groups in total. The number of carbonyl (C=O) groups is 1. The van der Waals surface area contributed by atoms with Gasteiger partial charge < -0.3 is 5.32 Å². The van der Waals surface area contributed by atoms with Gasteiger partial charge >= 0.3 is 0 Å². The van der Waals surface area contributed by atoms with E-state index in [0.717, 1.165) is 36.0 Å². The number of nitrogens with one attached hydrogen (secondary N) is 1. The molecule has 7 nitrogen and oxygen atoms in total. The summed E-state index contributed by atoms with van der Waals surface area (Å²) in [4.78, 5) is 16.0. The molecule has 1 aromatic carbocycles. The van der Waals surface area contributed by atoms with Crippen LogP contribution >= 0.6 is 11.3 Å². The Morgan fingerprint density at radius 2 is 1.90 bits per heavy atom. The Morgan fingerprint density at radius 3 is 2.58 bits per heavy atom. The number of thiophene rings is 1. The van der Waals surface area contributed by atoms with Gasteiger partial charge in [0.25, 0.3) is 0 Å². The van der Waals surface area contributed by atoms with Crippen LogP contribution in [0.1, 0.15) is 33.6 Å². The van der Waals surface area contributed by atoms with Gasteiger partial charge in [0, 0.05) is 31.1 Å². The number of rotatable bonds is 5. The van der Waals surface area contributed by atoms with Crippen molar-refractivity contribution in [3.63, 3.8) is 0 Å². The summed E-state index contributed by atoms with van der Waals surface area (Å²) in [6, 6.07) is 7.44. The predicted octanol–water partition coefficient (Wildman–Crippen LogP) is 2.67. The first-order valence-corrected chi connectivity index (χ1v) is 12.7. The maximum absolute atomic E-state index is 13.0. The lowest BCUT2D eigenvalue weighted by Crippen LogP contribution is -2.50. The molecule has 164 valence electrons. The second kappa shape index (κ2) is 8.71. The van der Waals surface area contributed by atoms with Crippen LogP contribution in [0.2, 0.25) is 0 Å². The Labute approximate surface area is 187 Å². The number of sulfonamides is 1. The van der Waals surface area contributed by atoms with Crippen LogP contribution in [0.3, 0.4) is 0 Å². The molecule has 2 aliphatic rings. The van der Waals surface area contributed by atoms with Crippen LogP contribution < -0.4 is 5.32 Å². The third-order valence-electron chi connectivity index (χ3n) is 6.10. The zero-order valence-electron chi connectivity index (χ0n) is 17.8. The summed E-state index contributed by atoms with van der Waals surface area (Å²) in [5.74, 6) is -0.165. The Bertz CT molecular complexity index is 1160. The molecule has 1 aromatic heterocycles. The Balaban J connectivity index is 1.35. The lowest BCUT2D eigenvalue weighted by molar-refractivity contribution is -0.117. The van der Waals surface area contributed by atoms with Gasteiger partial charge in [0.05, 0.1) is 17.0 Å². The normalized spacial score (nSPS) is 17.3. The van der Waals surface area contributed by atoms with E-state index in [4.69, 9.17) is 0 Å². The second-order valence-corrected chi connectivity index (χ2v) is 11.2. The minimum atomic E-state index is -3.54. The van der Waals surface area contributed by atoms with Crippen molar-refractivity contribution in [1.82, 2.24) is 9.21 Å². The SMILES string of the molecule is Cc1ccc(S(=O)(=O)N2CCN(CC(=O)Nc3sc4c(c3C#N)CCC4)CC2)cc1C. The lowest BCUT2D eigenvalue weighted by atomic mass is 10.1. The number of nitriles is 1. The highest BCUT2D eigenvalue weighted by molar-refractivity contribution is 7.89. The van der Waals surface area contributed by atoms with Gasteiger partial charge in [-0.1, -0.05) is 6.07 Å². The molecule has 1 amide bonds. The largest absolute Gasteiger partial charge is 0.315 e. The van der Waals surface area contributed by atoms with Gasteiger partial charge in [-0.2, -0.15) is 9.57 Å². The van der Waals surface area contributed by atoms with E-state index in [-0.39, 0.29) is 12.5 Å². The van der Waals surface area contributed by atoms with Crippen LogP contribution in [0.4, 0.5) is 5.00 Å². The highest BCUT2D eigenvalue weighted by atomic mass is 32.2. The molecule has 0 spiro atoms. The number of piperazine rings is 1. The molecule has 0 atom stereocenters. The van der Waals surface area contributed by atoms with Crippen LogP contribution in [-0.2, 0) is 27.7 Å². The first kappa shape index (κ1) is 22.0. The molecule has 0 radical (unpaired) electrons. The minimum absolute atomic E-state index is 0.165. The van der Waals surface area contributed by atoms with Crippen molar-refractivity contribution in [3.8, 4) is 6.07 Å². The molecule has 0 bridgehead atoms. The highest BCUT2D eigenvalue weighted by Crippen LogP contribution is 2.38. The van der Waals surface area contributed by atoms with Crippen LogP contribution in [0, 0.1) is 25.2 Å². The molecular formula is C22H26N4O3S2. The summed E-state index contributed by atoms with van der Waals surface area (Å²) < 4.78 is 27.4. The number of benzene rings is 1. The van der Waals surface area contributed by atoms with E-state index in [1.165, 1.54) is 20.5 Å². The maximum atomic E-state index is 13.0. The van der Waals surface area contributed by atoms with Gasteiger partial charge in [-0.25, -0.2) is 8.42 Å². The van der Waals surface area contributed by atoms with E-state index < -0.39 is 10.0 Å². The summed E-state index contributed by atoms with van der Waals surface area (Å²) in [7, 11) is -3.54. The predicted molar refractivity (Wildman–Crippen MR) is 121 cm³/mol. The number of amides is 1. The first-order chi connectivity index (χ1) is 14.8. The quantitative estimate of drug-likeness (QED) is 0.744. The molecule has 1 aliphatic heterocycles. The van der Waals surface area contributed by atoms with Gasteiger partial charge in [-0.05, 0) is 61.9 Å². The number of nitrogens with zero attached hydrogens (tertiary/aromatic N) is 3. The number of carbonyl (C=O) groups excluding carboxylic acids is 1. The number of aryl methyl sites for hydroxylation is 3. The third kappa shape index (κ3) is 4.39. The summed E-state index contributed by atoms with van der Waals surface area (Å²) in [5.41, 5.74) is 3.71. The fraction of sp³-hybridized carbons (Fsp3) is 0.455. The molecule has 1 fully saturated rings. The van der Waals surface area contributed by atoms with E-state index >= 15 is 0 Å². The van der Waals surface area contributed by atoms with Crippen LogP contribution in [-0.4, -0.2) is 56.3 Å². The van der Waals surface area contributed by atoms with E-state index in [1.807, 2.05) is 24.8 Å². The molecule has 2 aromatic rings. The minimum Gasteiger partial charge on any atom is -0.315 e. The highest BCUT2D eigenvalue weighted by Gasteiger charge is 2.30. The lowest BCUT2D eigenvalue weighted by Gasteiger charge is -2.33. The van der Waals surface area contributed by atoms with E-state index in [2.05, 4.69) is 11.4 Å². The van der Waals surface area contributed by atoms with Gasteiger partial charge in [0.2, 0.25) is 15.9 Å². The summed E-state index contributed by atoms with van der Waals surface area (Å²) in [6.07, 6.45) is 2.95. The molecule has 1 saturated heterocycles. The summed E-state index contributed by atoms with van der Waals surface area (Å²) in [6.45, 7) is 5.72. The summed E-state index contributed by atoms with van der Waals surface area (Å²) in [5, 5.41) is 13.0. The maximum Gasteiger partial charge on any atom is 0.243 e. The first-order valence-electron chi connectivity index (χ1n) is 10.4. The van der Waals surface area contributed by atoms with Crippen LogP contribution in [0.25, 0.3) is 0 Å². The summed E-state index contributed by atoms with van der Waals surface area (Å²) >= 11 is 1.51. The Morgan fingerprint density at radius 1 is 1.16 bits per heavy atom. The van der Waals surface area contributed by atoms with Gasteiger partial charge in [0.1, 0.15) is 11.1 Å². The van der Waals surface area contributed by atoms with Crippen LogP contribution in [0.5, 0.6) is 0 Å². The van der Waals surface area contributed by atoms with Crippen molar-refractivity contribution in [2.75, 3.05) is 38.0 Å². The van der Waals surface area contributed by atoms with Gasteiger partial charge in [-0.15, -0.1) is 11.3 Å². The van der Waals surface area contributed by atoms with Crippen LogP contribution in [0.15, 0.2) is 23.1 Å². The fourth-order valence-corrected chi connectivity index (χ4v) is 6.90. The van der Waals surface area contributed by atoms with Crippen molar-refractivity contribution in [1.29, 1.82) is 5.26 Å². The Kier molecular flexibility index (Phi) is 6.17. The third-order valence-corrected chi connectivity index (χ3v) is 9.20. The molecular weight excluding hydrogens is 432 g/mol. The molecule has 0 unspecified atom stereocenters. The molecule has 31 heavy (non-hydrogen) atoms. The van der Waals surface area contributed by atoms with E-state index in [1.54, 1.807) is 12.1 Å². The number of hydrogen-bond donors (Lipinski definition) is 1. The fourth-order valence-electron chi connectivity index (χ4n) is 4.13. The van der Waals surface area contributed by atoms with Crippen molar-refractivity contribution in [3.05, 3.63) is 45.3 Å².